The fourth-order valence-electron chi connectivity index (χ4n) is 3.00. The Hall–Kier alpha value is -2.66. The summed E-state index contributed by atoms with van der Waals surface area (Å²) >= 11 is 0. The smallest absolute Gasteiger partial charge is 0.243 e. The molecule has 2 rings (SSSR count). The van der Waals surface area contributed by atoms with Crippen LogP contribution in [0.5, 0.6) is 0 Å². The van der Waals surface area contributed by atoms with Crippen molar-refractivity contribution >= 4 is 11.8 Å². The summed E-state index contributed by atoms with van der Waals surface area (Å²) in [5.41, 5.74) is 7.98. The van der Waals surface area contributed by atoms with Crippen LogP contribution in [0.1, 0.15) is 38.3 Å². The number of rotatable bonds is 8. The molecule has 2 aromatic carbocycles. The molecular formula is C23H31N3O2. The SMILES string of the molecule is CC(C)(C)C[C@@H](N)C(=O)N[C@@H](Cc1ccccc1)C(=O)NCc1ccccc1. The summed E-state index contributed by atoms with van der Waals surface area (Å²) in [5, 5.41) is 5.77. The maximum absolute atomic E-state index is 12.8. The summed E-state index contributed by atoms with van der Waals surface area (Å²) in [4.78, 5) is 25.4. The lowest BCUT2D eigenvalue weighted by molar-refractivity contribution is -0.130. The minimum atomic E-state index is -0.676. The highest BCUT2D eigenvalue weighted by molar-refractivity contribution is 5.89. The molecule has 0 aliphatic heterocycles. The van der Waals surface area contributed by atoms with Gasteiger partial charge in [-0.15, -0.1) is 0 Å². The van der Waals surface area contributed by atoms with Crippen molar-refractivity contribution in [2.24, 2.45) is 11.1 Å². The molecule has 2 aromatic rings. The molecule has 0 spiro atoms. The zero-order valence-corrected chi connectivity index (χ0v) is 16.9. The predicted molar refractivity (Wildman–Crippen MR) is 112 cm³/mol. The lowest BCUT2D eigenvalue weighted by Crippen LogP contribution is -2.53. The lowest BCUT2D eigenvalue weighted by Gasteiger charge is -2.25. The van der Waals surface area contributed by atoms with Gasteiger partial charge < -0.3 is 16.4 Å². The second-order valence-corrected chi connectivity index (χ2v) is 8.33. The van der Waals surface area contributed by atoms with Crippen molar-refractivity contribution in [3.05, 3.63) is 71.8 Å². The summed E-state index contributed by atoms with van der Waals surface area (Å²) in [7, 11) is 0. The molecule has 0 aliphatic rings. The summed E-state index contributed by atoms with van der Waals surface area (Å²) in [6, 6.07) is 18.0. The van der Waals surface area contributed by atoms with E-state index in [0.29, 0.717) is 19.4 Å². The van der Waals surface area contributed by atoms with Crippen LogP contribution < -0.4 is 16.4 Å². The third-order valence-corrected chi connectivity index (χ3v) is 4.39. The van der Waals surface area contributed by atoms with Crippen molar-refractivity contribution in [1.29, 1.82) is 0 Å². The summed E-state index contributed by atoms with van der Waals surface area (Å²) in [5.74, 6) is -0.519. The summed E-state index contributed by atoms with van der Waals surface area (Å²) < 4.78 is 0. The van der Waals surface area contributed by atoms with E-state index in [1.165, 1.54) is 0 Å². The van der Waals surface area contributed by atoms with E-state index < -0.39 is 12.1 Å². The predicted octanol–water partition coefficient (Wildman–Crippen LogP) is 2.79. The van der Waals surface area contributed by atoms with Gasteiger partial charge in [0.2, 0.25) is 11.8 Å². The molecule has 0 aliphatic carbocycles. The molecule has 5 nitrogen and oxygen atoms in total. The highest BCUT2D eigenvalue weighted by Crippen LogP contribution is 2.20. The monoisotopic (exact) mass is 381 g/mol. The van der Waals surface area contributed by atoms with Crippen LogP contribution in [0.15, 0.2) is 60.7 Å². The number of hydrogen-bond donors (Lipinski definition) is 3. The maximum Gasteiger partial charge on any atom is 0.243 e. The van der Waals surface area contributed by atoms with Crippen molar-refractivity contribution in [1.82, 2.24) is 10.6 Å². The molecule has 28 heavy (non-hydrogen) atoms. The molecule has 0 unspecified atom stereocenters. The first-order chi connectivity index (χ1) is 13.2. The van der Waals surface area contributed by atoms with E-state index in [9.17, 15) is 9.59 Å². The number of carbonyl (C=O) groups is 2. The quantitative estimate of drug-likeness (QED) is 0.657. The first kappa shape index (κ1) is 21.6. The fraction of sp³-hybridized carbons (Fsp3) is 0.391. The maximum atomic E-state index is 12.8. The topological polar surface area (TPSA) is 84.2 Å². The number of benzene rings is 2. The van der Waals surface area contributed by atoms with Gasteiger partial charge in [0.25, 0.3) is 0 Å². The molecule has 0 saturated carbocycles. The number of hydrogen-bond acceptors (Lipinski definition) is 3. The van der Waals surface area contributed by atoms with Gasteiger partial charge in [-0.05, 0) is 23.0 Å². The average molecular weight is 382 g/mol. The van der Waals surface area contributed by atoms with Crippen LogP contribution in [0, 0.1) is 5.41 Å². The number of carbonyl (C=O) groups excluding carboxylic acids is 2. The van der Waals surface area contributed by atoms with E-state index in [1.54, 1.807) is 0 Å². The van der Waals surface area contributed by atoms with Gasteiger partial charge in [0.1, 0.15) is 6.04 Å². The fourth-order valence-corrected chi connectivity index (χ4v) is 3.00. The first-order valence-corrected chi connectivity index (χ1v) is 9.66. The second-order valence-electron chi connectivity index (χ2n) is 8.33. The van der Waals surface area contributed by atoms with Gasteiger partial charge in [-0.3, -0.25) is 9.59 Å². The van der Waals surface area contributed by atoms with Crippen molar-refractivity contribution in [3.8, 4) is 0 Å². The van der Waals surface area contributed by atoms with E-state index in [0.717, 1.165) is 11.1 Å². The average Bonchev–Trinajstić information content (AvgIpc) is 2.66. The molecule has 5 heteroatoms. The largest absolute Gasteiger partial charge is 0.350 e. The molecule has 0 aromatic heterocycles. The normalized spacial score (nSPS) is 13.4. The van der Waals surface area contributed by atoms with Crippen molar-refractivity contribution < 1.29 is 9.59 Å². The zero-order valence-electron chi connectivity index (χ0n) is 16.9. The van der Waals surface area contributed by atoms with E-state index in [4.69, 9.17) is 5.73 Å². The third-order valence-electron chi connectivity index (χ3n) is 4.39. The highest BCUT2D eigenvalue weighted by atomic mass is 16.2. The van der Waals surface area contributed by atoms with Crippen LogP contribution in [-0.2, 0) is 22.6 Å². The highest BCUT2D eigenvalue weighted by Gasteiger charge is 2.26. The van der Waals surface area contributed by atoms with Gasteiger partial charge >= 0.3 is 0 Å². The Morgan fingerprint density at radius 1 is 0.893 bits per heavy atom. The molecule has 2 amide bonds. The third kappa shape index (κ3) is 7.53. The molecule has 2 atom stereocenters. The molecule has 0 saturated heterocycles. The standard InChI is InChI=1S/C23H31N3O2/c1-23(2,3)15-19(24)21(27)26-20(14-17-10-6-4-7-11-17)22(28)25-16-18-12-8-5-9-13-18/h4-13,19-20H,14-16,24H2,1-3H3,(H,25,28)(H,26,27)/t19-,20+/m1/s1. The van der Waals surface area contributed by atoms with Crippen LogP contribution in [-0.4, -0.2) is 23.9 Å². The minimum Gasteiger partial charge on any atom is -0.350 e. The van der Waals surface area contributed by atoms with Crippen molar-refractivity contribution in [2.45, 2.75) is 52.2 Å². The minimum absolute atomic E-state index is 0.0682. The van der Waals surface area contributed by atoms with Crippen LogP contribution in [0.4, 0.5) is 0 Å². The van der Waals surface area contributed by atoms with Crippen LogP contribution in [0.3, 0.4) is 0 Å². The van der Waals surface area contributed by atoms with Gasteiger partial charge in [-0.1, -0.05) is 81.4 Å². The van der Waals surface area contributed by atoms with Crippen LogP contribution >= 0.6 is 0 Å². The van der Waals surface area contributed by atoms with Crippen LogP contribution in [0.25, 0.3) is 0 Å². The van der Waals surface area contributed by atoms with Crippen molar-refractivity contribution in [3.63, 3.8) is 0 Å². The zero-order chi connectivity index (χ0) is 20.6. The Kier molecular flexibility index (Phi) is 7.76. The van der Waals surface area contributed by atoms with E-state index >= 15 is 0 Å². The van der Waals surface area contributed by atoms with Gasteiger partial charge in [0, 0.05) is 13.0 Å². The second kappa shape index (κ2) is 10.0. The van der Waals surface area contributed by atoms with E-state index in [2.05, 4.69) is 10.6 Å². The van der Waals surface area contributed by atoms with Gasteiger partial charge in [0.15, 0.2) is 0 Å². The molecule has 150 valence electrons. The molecule has 0 heterocycles. The Morgan fingerprint density at radius 3 is 1.96 bits per heavy atom. The first-order valence-electron chi connectivity index (χ1n) is 9.66. The van der Waals surface area contributed by atoms with Crippen LogP contribution in [0.2, 0.25) is 0 Å². The Balaban J connectivity index is 2.05. The molecular weight excluding hydrogens is 350 g/mol. The van der Waals surface area contributed by atoms with E-state index in [-0.39, 0.29) is 17.2 Å². The summed E-state index contributed by atoms with van der Waals surface area (Å²) in [6.45, 7) is 6.52. The number of nitrogens with one attached hydrogen (secondary N) is 2. The number of amides is 2. The summed E-state index contributed by atoms with van der Waals surface area (Å²) in [6.07, 6.45) is 0.956. The molecule has 0 bridgehead atoms. The molecule has 0 fully saturated rings. The van der Waals surface area contributed by atoms with Gasteiger partial charge in [-0.25, -0.2) is 0 Å². The van der Waals surface area contributed by atoms with Gasteiger partial charge in [-0.2, -0.15) is 0 Å². The van der Waals surface area contributed by atoms with Gasteiger partial charge in [0.05, 0.1) is 6.04 Å². The Labute approximate surface area is 167 Å². The molecule has 4 N–H and O–H groups in total. The van der Waals surface area contributed by atoms with Crippen molar-refractivity contribution in [2.75, 3.05) is 0 Å². The van der Waals surface area contributed by atoms with E-state index in [1.807, 2.05) is 81.4 Å². The Morgan fingerprint density at radius 2 is 1.43 bits per heavy atom. The molecule has 0 radical (unpaired) electrons. The number of nitrogens with two attached hydrogens (primary N) is 1. The Bertz CT molecular complexity index is 754. The lowest BCUT2D eigenvalue weighted by atomic mass is 9.88.